The molecule has 2 aromatic rings. The van der Waals surface area contributed by atoms with Crippen molar-refractivity contribution in [2.45, 2.75) is 5.33 Å². The third-order valence-electron chi connectivity index (χ3n) is 2.45. The van der Waals surface area contributed by atoms with Gasteiger partial charge < -0.3 is 4.74 Å². The third-order valence-corrected chi connectivity index (χ3v) is 3.06. The van der Waals surface area contributed by atoms with E-state index in [0.29, 0.717) is 11.2 Å². The van der Waals surface area contributed by atoms with E-state index >= 15 is 0 Å². The fraction of sp³-hybridized carbons (Fsp3) is 0.154. The van der Waals surface area contributed by atoms with Crippen molar-refractivity contribution in [2.24, 2.45) is 0 Å². The molecule has 0 N–H and O–H groups in total. The number of hydrogen-bond acceptors (Lipinski definition) is 2. The second-order valence-electron chi connectivity index (χ2n) is 3.53. The second kappa shape index (κ2) is 5.27. The monoisotopic (exact) mass is 295 g/mol. The Morgan fingerprint density at radius 2 is 2.18 bits per heavy atom. The summed E-state index contributed by atoms with van der Waals surface area (Å²) in [6, 6.07) is 8.31. The van der Waals surface area contributed by atoms with E-state index in [1.807, 2.05) is 12.1 Å². The van der Waals surface area contributed by atoms with E-state index in [2.05, 4.69) is 20.9 Å². The van der Waals surface area contributed by atoms with Crippen molar-refractivity contribution >= 4 is 15.9 Å². The molecular formula is C13H11BrFNO. The van der Waals surface area contributed by atoms with Crippen molar-refractivity contribution in [3.05, 3.63) is 47.9 Å². The van der Waals surface area contributed by atoms with E-state index in [0.717, 1.165) is 16.7 Å². The molecular weight excluding hydrogens is 285 g/mol. The number of aromatic nitrogens is 1. The van der Waals surface area contributed by atoms with Gasteiger partial charge in [-0.3, -0.25) is 0 Å². The molecule has 0 saturated heterocycles. The molecule has 0 amide bonds. The van der Waals surface area contributed by atoms with Gasteiger partial charge in [0.25, 0.3) is 0 Å². The number of alkyl halides is 1. The standard InChI is InChI=1S/C13H11BrFNO/c1-17-13-6-10(7-14)12(8-16-13)9-3-2-4-11(15)5-9/h2-6,8H,7H2,1H3. The number of halogens is 2. The molecule has 0 saturated carbocycles. The summed E-state index contributed by atoms with van der Waals surface area (Å²) in [5, 5.41) is 0.664. The Kier molecular flexibility index (Phi) is 3.74. The van der Waals surface area contributed by atoms with E-state index < -0.39 is 0 Å². The molecule has 1 aromatic heterocycles. The Morgan fingerprint density at radius 3 is 2.82 bits per heavy atom. The first-order chi connectivity index (χ1) is 8.24. The van der Waals surface area contributed by atoms with Crippen LogP contribution in [0.5, 0.6) is 5.88 Å². The fourth-order valence-corrected chi connectivity index (χ4v) is 2.08. The van der Waals surface area contributed by atoms with Crippen LogP contribution in [0.4, 0.5) is 4.39 Å². The summed E-state index contributed by atoms with van der Waals surface area (Å²) in [5.41, 5.74) is 2.74. The van der Waals surface area contributed by atoms with Crippen LogP contribution < -0.4 is 4.74 Å². The van der Waals surface area contributed by atoms with Crippen LogP contribution in [0.15, 0.2) is 36.5 Å². The van der Waals surface area contributed by atoms with Gasteiger partial charge in [-0.25, -0.2) is 9.37 Å². The smallest absolute Gasteiger partial charge is 0.213 e. The Bertz CT molecular complexity index is 531. The molecule has 4 heteroatoms. The highest BCUT2D eigenvalue weighted by Gasteiger charge is 2.07. The van der Waals surface area contributed by atoms with Crippen LogP contribution in [-0.2, 0) is 5.33 Å². The van der Waals surface area contributed by atoms with E-state index in [1.54, 1.807) is 19.4 Å². The van der Waals surface area contributed by atoms with E-state index in [9.17, 15) is 4.39 Å². The maximum absolute atomic E-state index is 13.2. The molecule has 0 bridgehead atoms. The zero-order chi connectivity index (χ0) is 12.3. The molecule has 2 rings (SSSR count). The molecule has 0 radical (unpaired) electrons. The summed E-state index contributed by atoms with van der Waals surface area (Å²) in [7, 11) is 1.57. The molecule has 1 aromatic carbocycles. The SMILES string of the molecule is COc1cc(CBr)c(-c2cccc(F)c2)cn1. The lowest BCUT2D eigenvalue weighted by Gasteiger charge is -2.08. The Labute approximate surface area is 108 Å². The van der Waals surface area contributed by atoms with Gasteiger partial charge in [0, 0.05) is 23.2 Å². The summed E-state index contributed by atoms with van der Waals surface area (Å²) >= 11 is 3.41. The van der Waals surface area contributed by atoms with Gasteiger partial charge in [0.15, 0.2) is 0 Å². The van der Waals surface area contributed by atoms with Crippen LogP contribution >= 0.6 is 15.9 Å². The first kappa shape index (κ1) is 12.0. The third kappa shape index (κ3) is 2.64. The van der Waals surface area contributed by atoms with Crippen molar-refractivity contribution in [1.29, 1.82) is 0 Å². The quantitative estimate of drug-likeness (QED) is 0.804. The minimum absolute atomic E-state index is 0.251. The summed E-state index contributed by atoms with van der Waals surface area (Å²) < 4.78 is 18.2. The number of ether oxygens (including phenoxy) is 1. The van der Waals surface area contributed by atoms with Gasteiger partial charge in [-0.2, -0.15) is 0 Å². The number of pyridine rings is 1. The normalized spacial score (nSPS) is 10.3. The minimum atomic E-state index is -0.251. The molecule has 1 heterocycles. The van der Waals surface area contributed by atoms with Gasteiger partial charge >= 0.3 is 0 Å². The largest absolute Gasteiger partial charge is 0.481 e. The average molecular weight is 296 g/mol. The lowest BCUT2D eigenvalue weighted by molar-refractivity contribution is 0.397. The van der Waals surface area contributed by atoms with Crippen molar-refractivity contribution < 1.29 is 9.13 Å². The summed E-state index contributed by atoms with van der Waals surface area (Å²) in [4.78, 5) is 4.15. The van der Waals surface area contributed by atoms with Crippen LogP contribution in [0.25, 0.3) is 11.1 Å². The molecule has 0 aliphatic heterocycles. The topological polar surface area (TPSA) is 22.1 Å². The minimum Gasteiger partial charge on any atom is -0.481 e. The van der Waals surface area contributed by atoms with Crippen LogP contribution in [0.2, 0.25) is 0 Å². The molecule has 0 unspecified atom stereocenters. The molecule has 17 heavy (non-hydrogen) atoms. The maximum Gasteiger partial charge on any atom is 0.213 e. The first-order valence-corrected chi connectivity index (χ1v) is 6.21. The molecule has 0 aliphatic rings. The van der Waals surface area contributed by atoms with E-state index in [1.165, 1.54) is 12.1 Å². The predicted octanol–water partition coefficient (Wildman–Crippen LogP) is 3.79. The Hall–Kier alpha value is -1.42. The summed E-state index contributed by atoms with van der Waals surface area (Å²) in [6.07, 6.45) is 1.70. The van der Waals surface area contributed by atoms with Crippen LogP contribution in [0.1, 0.15) is 5.56 Å². The average Bonchev–Trinajstić information content (AvgIpc) is 2.38. The predicted molar refractivity (Wildman–Crippen MR) is 68.8 cm³/mol. The number of hydrogen-bond donors (Lipinski definition) is 0. The fourth-order valence-electron chi connectivity index (χ4n) is 1.61. The highest BCUT2D eigenvalue weighted by Crippen LogP contribution is 2.27. The van der Waals surface area contributed by atoms with Gasteiger partial charge in [0.1, 0.15) is 5.82 Å². The van der Waals surface area contributed by atoms with E-state index in [-0.39, 0.29) is 5.82 Å². The first-order valence-electron chi connectivity index (χ1n) is 5.09. The van der Waals surface area contributed by atoms with Crippen molar-refractivity contribution in [3.63, 3.8) is 0 Å². The molecule has 0 spiro atoms. The summed E-state index contributed by atoms with van der Waals surface area (Å²) in [6.45, 7) is 0. The van der Waals surface area contributed by atoms with Gasteiger partial charge in [-0.1, -0.05) is 28.1 Å². The van der Waals surface area contributed by atoms with Crippen molar-refractivity contribution in [2.75, 3.05) is 7.11 Å². The zero-order valence-electron chi connectivity index (χ0n) is 9.28. The van der Waals surface area contributed by atoms with Crippen LogP contribution in [0, 0.1) is 5.82 Å². The number of nitrogens with zero attached hydrogens (tertiary/aromatic N) is 1. The summed E-state index contributed by atoms with van der Waals surface area (Å²) in [5.74, 6) is 0.304. The molecule has 88 valence electrons. The number of rotatable bonds is 3. The second-order valence-corrected chi connectivity index (χ2v) is 4.09. The van der Waals surface area contributed by atoms with Crippen molar-refractivity contribution in [1.82, 2.24) is 4.98 Å². The molecule has 0 aliphatic carbocycles. The molecule has 0 fully saturated rings. The van der Waals surface area contributed by atoms with Crippen molar-refractivity contribution in [3.8, 4) is 17.0 Å². The highest BCUT2D eigenvalue weighted by atomic mass is 79.9. The molecule has 2 nitrogen and oxygen atoms in total. The number of benzene rings is 1. The maximum atomic E-state index is 13.2. The Morgan fingerprint density at radius 1 is 1.35 bits per heavy atom. The van der Waals surface area contributed by atoms with Gasteiger partial charge in [0.2, 0.25) is 5.88 Å². The van der Waals surface area contributed by atoms with Crippen LogP contribution in [-0.4, -0.2) is 12.1 Å². The zero-order valence-corrected chi connectivity index (χ0v) is 10.9. The van der Waals surface area contributed by atoms with Gasteiger partial charge in [-0.15, -0.1) is 0 Å². The molecule has 0 atom stereocenters. The lowest BCUT2D eigenvalue weighted by atomic mass is 10.0. The van der Waals surface area contributed by atoms with Gasteiger partial charge in [0.05, 0.1) is 7.11 Å². The highest BCUT2D eigenvalue weighted by molar-refractivity contribution is 9.08. The number of methoxy groups -OCH3 is 1. The van der Waals surface area contributed by atoms with Crippen LogP contribution in [0.3, 0.4) is 0 Å². The Balaban J connectivity index is 2.51. The van der Waals surface area contributed by atoms with Gasteiger partial charge in [-0.05, 0) is 23.3 Å². The van der Waals surface area contributed by atoms with E-state index in [4.69, 9.17) is 4.74 Å². The lowest BCUT2D eigenvalue weighted by Crippen LogP contribution is -1.93.